The molecule has 0 saturated carbocycles. The van der Waals surface area contributed by atoms with Crippen LogP contribution < -0.4 is 0 Å². The molecular weight excluding hydrogens is 416 g/mol. The van der Waals surface area contributed by atoms with Crippen molar-refractivity contribution in [2.75, 3.05) is 32.8 Å². The van der Waals surface area contributed by atoms with Crippen LogP contribution in [0.25, 0.3) is 0 Å². The van der Waals surface area contributed by atoms with Crippen LogP contribution >= 0.6 is 11.6 Å². The number of piperidine rings is 1. The smallest absolute Gasteiger partial charge is 0.340 e. The van der Waals surface area contributed by atoms with Gasteiger partial charge in [-0.1, -0.05) is 30.9 Å². The highest BCUT2D eigenvalue weighted by Gasteiger charge is 2.28. The number of amides is 1. The van der Waals surface area contributed by atoms with Crippen LogP contribution in [-0.2, 0) is 19.6 Å². The molecule has 2 heterocycles. The molecule has 160 valence electrons. The number of carbonyl (C=O) groups is 2. The quantitative estimate of drug-likeness (QED) is 0.654. The van der Waals surface area contributed by atoms with E-state index in [1.165, 1.54) is 22.5 Å². The molecule has 0 bridgehead atoms. The number of esters is 1. The molecule has 1 amide bonds. The predicted molar refractivity (Wildman–Crippen MR) is 109 cm³/mol. The molecule has 29 heavy (non-hydrogen) atoms. The first-order valence-electron chi connectivity index (χ1n) is 10.1. The second kappa shape index (κ2) is 9.91. The molecule has 9 heteroatoms. The Morgan fingerprint density at radius 1 is 0.931 bits per heavy atom. The van der Waals surface area contributed by atoms with Crippen molar-refractivity contribution in [1.82, 2.24) is 9.21 Å². The van der Waals surface area contributed by atoms with E-state index in [0.717, 1.165) is 44.9 Å². The fourth-order valence-electron chi connectivity index (χ4n) is 3.69. The third-order valence-electron chi connectivity index (χ3n) is 5.40. The third-order valence-corrected chi connectivity index (χ3v) is 7.62. The number of hydrogen-bond donors (Lipinski definition) is 0. The highest BCUT2D eigenvalue weighted by Crippen LogP contribution is 2.25. The summed E-state index contributed by atoms with van der Waals surface area (Å²) in [5, 5.41) is 0.0924. The van der Waals surface area contributed by atoms with Gasteiger partial charge in [-0.15, -0.1) is 0 Å². The molecule has 0 radical (unpaired) electrons. The molecule has 0 atom stereocenters. The minimum atomic E-state index is -3.70. The number of hydrogen-bond acceptors (Lipinski definition) is 5. The van der Waals surface area contributed by atoms with Crippen LogP contribution in [0.1, 0.15) is 55.3 Å². The molecule has 0 aliphatic carbocycles. The maximum absolute atomic E-state index is 12.8. The van der Waals surface area contributed by atoms with Crippen molar-refractivity contribution in [1.29, 1.82) is 0 Å². The second-order valence-electron chi connectivity index (χ2n) is 7.48. The molecular formula is C20H27ClN2O5S. The first kappa shape index (κ1) is 22.1. The van der Waals surface area contributed by atoms with Crippen molar-refractivity contribution in [3.63, 3.8) is 0 Å². The average Bonchev–Trinajstić information content (AvgIpc) is 3.02. The first-order valence-corrected chi connectivity index (χ1v) is 12.0. The Morgan fingerprint density at radius 3 is 2.17 bits per heavy atom. The number of ether oxygens (including phenoxy) is 1. The molecule has 3 rings (SSSR count). The van der Waals surface area contributed by atoms with Crippen molar-refractivity contribution in [2.45, 2.75) is 49.8 Å². The Balaban J connectivity index is 1.68. The number of halogens is 1. The summed E-state index contributed by atoms with van der Waals surface area (Å²) < 4.78 is 32.3. The number of nitrogens with zero attached hydrogens (tertiary/aromatic N) is 2. The molecule has 7 nitrogen and oxygen atoms in total. The maximum Gasteiger partial charge on any atom is 0.340 e. The number of sulfonamides is 1. The van der Waals surface area contributed by atoms with Gasteiger partial charge >= 0.3 is 5.97 Å². The predicted octanol–water partition coefficient (Wildman–Crippen LogP) is 3.07. The molecule has 2 saturated heterocycles. The Labute approximate surface area is 177 Å². The topological polar surface area (TPSA) is 84.0 Å². The van der Waals surface area contributed by atoms with Crippen LogP contribution in [0.15, 0.2) is 23.1 Å². The molecule has 2 aliphatic rings. The molecule has 1 aromatic rings. The van der Waals surface area contributed by atoms with E-state index in [0.29, 0.717) is 26.2 Å². The first-order chi connectivity index (χ1) is 13.9. The van der Waals surface area contributed by atoms with E-state index in [9.17, 15) is 18.0 Å². The lowest BCUT2D eigenvalue weighted by Crippen LogP contribution is -2.36. The number of carbonyl (C=O) groups excluding carboxylic acids is 2. The van der Waals surface area contributed by atoms with Crippen molar-refractivity contribution in [3.8, 4) is 0 Å². The summed E-state index contributed by atoms with van der Waals surface area (Å²) in [4.78, 5) is 26.5. The highest BCUT2D eigenvalue weighted by atomic mass is 35.5. The SMILES string of the molecule is O=C(OCC(=O)N1CCCCCC1)c1cc(S(=O)(=O)N2CCCCC2)ccc1Cl. The molecule has 0 unspecified atom stereocenters. The molecule has 2 fully saturated rings. The van der Waals surface area contributed by atoms with Crippen molar-refractivity contribution in [3.05, 3.63) is 28.8 Å². The lowest BCUT2D eigenvalue weighted by atomic mass is 10.2. The highest BCUT2D eigenvalue weighted by molar-refractivity contribution is 7.89. The number of likely N-dealkylation sites (tertiary alicyclic amines) is 1. The molecule has 2 aliphatic heterocycles. The van der Waals surface area contributed by atoms with Crippen LogP contribution in [0.3, 0.4) is 0 Å². The molecule has 0 spiro atoms. The van der Waals surface area contributed by atoms with E-state index in [-0.39, 0.29) is 28.0 Å². The minimum Gasteiger partial charge on any atom is -0.452 e. The third kappa shape index (κ3) is 5.49. The van der Waals surface area contributed by atoms with Gasteiger partial charge in [-0.25, -0.2) is 13.2 Å². The summed E-state index contributed by atoms with van der Waals surface area (Å²) in [7, 11) is -3.70. The summed E-state index contributed by atoms with van der Waals surface area (Å²) in [5.41, 5.74) is -0.0478. The average molecular weight is 443 g/mol. The number of benzene rings is 1. The van der Waals surface area contributed by atoms with Gasteiger partial charge in [-0.3, -0.25) is 4.79 Å². The van der Waals surface area contributed by atoms with E-state index in [1.807, 2.05) is 0 Å². The zero-order valence-corrected chi connectivity index (χ0v) is 18.0. The van der Waals surface area contributed by atoms with Crippen LogP contribution in [0.2, 0.25) is 5.02 Å². The summed E-state index contributed by atoms with van der Waals surface area (Å²) in [6, 6.07) is 4.02. The van der Waals surface area contributed by atoms with E-state index >= 15 is 0 Å². The van der Waals surface area contributed by atoms with Gasteiger partial charge < -0.3 is 9.64 Å². The summed E-state index contributed by atoms with van der Waals surface area (Å²) in [5.74, 6) is -1.04. The zero-order chi connectivity index (χ0) is 20.9. The Hall–Kier alpha value is -1.64. The monoisotopic (exact) mass is 442 g/mol. The van der Waals surface area contributed by atoms with E-state index in [4.69, 9.17) is 16.3 Å². The summed E-state index contributed by atoms with van der Waals surface area (Å²) in [6.45, 7) is 1.89. The Kier molecular flexibility index (Phi) is 7.54. The van der Waals surface area contributed by atoms with Crippen LogP contribution in [-0.4, -0.2) is 62.3 Å². The lowest BCUT2D eigenvalue weighted by Gasteiger charge is -2.26. The van der Waals surface area contributed by atoms with Crippen molar-refractivity contribution in [2.24, 2.45) is 0 Å². The second-order valence-corrected chi connectivity index (χ2v) is 9.82. The number of rotatable bonds is 5. The largest absolute Gasteiger partial charge is 0.452 e. The van der Waals surface area contributed by atoms with E-state index in [1.54, 1.807) is 4.90 Å². The van der Waals surface area contributed by atoms with Gasteiger partial charge in [0.05, 0.1) is 15.5 Å². The zero-order valence-electron chi connectivity index (χ0n) is 16.4. The van der Waals surface area contributed by atoms with Gasteiger partial charge in [0.1, 0.15) is 0 Å². The van der Waals surface area contributed by atoms with Gasteiger partial charge in [-0.05, 0) is 43.9 Å². The van der Waals surface area contributed by atoms with Crippen LogP contribution in [0.5, 0.6) is 0 Å². The minimum absolute atomic E-state index is 0.00888. The maximum atomic E-state index is 12.8. The Morgan fingerprint density at radius 2 is 1.52 bits per heavy atom. The van der Waals surface area contributed by atoms with Gasteiger partial charge in [0.15, 0.2) is 6.61 Å². The van der Waals surface area contributed by atoms with Gasteiger partial charge in [-0.2, -0.15) is 4.31 Å². The van der Waals surface area contributed by atoms with Crippen LogP contribution in [0.4, 0.5) is 0 Å². The summed E-state index contributed by atoms with van der Waals surface area (Å²) >= 11 is 6.11. The summed E-state index contributed by atoms with van der Waals surface area (Å²) in [6.07, 6.45) is 6.73. The molecule has 0 N–H and O–H groups in total. The van der Waals surface area contributed by atoms with E-state index in [2.05, 4.69) is 0 Å². The van der Waals surface area contributed by atoms with Crippen molar-refractivity contribution < 1.29 is 22.7 Å². The van der Waals surface area contributed by atoms with Crippen LogP contribution in [0, 0.1) is 0 Å². The fraction of sp³-hybridized carbons (Fsp3) is 0.600. The Bertz CT molecular complexity index is 844. The van der Waals surface area contributed by atoms with Gasteiger partial charge in [0.25, 0.3) is 5.91 Å². The fourth-order valence-corrected chi connectivity index (χ4v) is 5.43. The van der Waals surface area contributed by atoms with Crippen molar-refractivity contribution >= 4 is 33.5 Å². The molecule has 0 aromatic heterocycles. The standard InChI is InChI=1S/C20H27ClN2O5S/c21-18-9-8-16(29(26,27)23-12-6-3-7-13-23)14-17(18)20(25)28-15-19(24)22-10-4-1-2-5-11-22/h8-9,14H,1-7,10-13,15H2. The van der Waals surface area contributed by atoms with Gasteiger partial charge in [0, 0.05) is 26.2 Å². The van der Waals surface area contributed by atoms with Gasteiger partial charge in [0.2, 0.25) is 10.0 Å². The molecule has 1 aromatic carbocycles. The van der Waals surface area contributed by atoms with E-state index < -0.39 is 16.0 Å². The lowest BCUT2D eigenvalue weighted by molar-refractivity contribution is -0.134. The normalized spacial score (nSPS) is 18.9.